The lowest BCUT2D eigenvalue weighted by Crippen LogP contribution is -2.45. The molecule has 2 aliphatic rings. The minimum atomic E-state index is 0.219. The first kappa shape index (κ1) is 12.7. The molecule has 0 bridgehead atoms. The van der Waals surface area contributed by atoms with Crippen LogP contribution < -0.4 is 0 Å². The smallest absolute Gasteiger partial charge is 0.319 e. The van der Waals surface area contributed by atoms with E-state index < -0.39 is 0 Å². The third-order valence-corrected chi connectivity index (χ3v) is 3.83. The summed E-state index contributed by atoms with van der Waals surface area (Å²) >= 11 is 0. The van der Waals surface area contributed by atoms with Gasteiger partial charge in [-0.1, -0.05) is 0 Å². The molecule has 2 amide bonds. The van der Waals surface area contributed by atoms with E-state index in [0.717, 1.165) is 58.5 Å². The Hall–Kier alpha value is -0.770. The van der Waals surface area contributed by atoms with Crippen LogP contribution in [-0.2, 0) is 4.74 Å². The van der Waals surface area contributed by atoms with Crippen LogP contribution in [0, 0.1) is 5.92 Å². The molecule has 98 valence electrons. The van der Waals surface area contributed by atoms with Crippen molar-refractivity contribution >= 4 is 6.03 Å². The van der Waals surface area contributed by atoms with Crippen molar-refractivity contribution in [3.8, 4) is 0 Å². The van der Waals surface area contributed by atoms with Crippen LogP contribution in [0.1, 0.15) is 32.1 Å². The van der Waals surface area contributed by atoms with Gasteiger partial charge in [0.15, 0.2) is 0 Å². The van der Waals surface area contributed by atoms with Crippen LogP contribution in [0.2, 0.25) is 0 Å². The van der Waals surface area contributed by atoms with E-state index >= 15 is 0 Å². The van der Waals surface area contributed by atoms with Crippen molar-refractivity contribution in [1.82, 2.24) is 9.80 Å². The lowest BCUT2D eigenvalue weighted by molar-refractivity contribution is 0.0559. The van der Waals surface area contributed by atoms with Gasteiger partial charge in [-0.3, -0.25) is 0 Å². The van der Waals surface area contributed by atoms with Crippen LogP contribution in [0.5, 0.6) is 0 Å². The molecule has 2 heterocycles. The molecule has 0 atom stereocenters. The molecule has 0 aromatic carbocycles. The minimum Gasteiger partial charge on any atom is -0.381 e. The number of hydrogen-bond acceptors (Lipinski definition) is 2. The van der Waals surface area contributed by atoms with E-state index in [9.17, 15) is 4.79 Å². The van der Waals surface area contributed by atoms with Crippen molar-refractivity contribution in [1.29, 1.82) is 0 Å². The average Bonchev–Trinajstić information content (AvgIpc) is 2.40. The first-order chi connectivity index (χ1) is 8.27. The summed E-state index contributed by atoms with van der Waals surface area (Å²) in [5, 5.41) is 0. The number of carbonyl (C=O) groups excluding carboxylic acids is 1. The maximum absolute atomic E-state index is 12.2. The number of amides is 2. The fourth-order valence-corrected chi connectivity index (χ4v) is 2.72. The van der Waals surface area contributed by atoms with Crippen LogP contribution in [0.25, 0.3) is 0 Å². The molecule has 0 spiro atoms. The van der Waals surface area contributed by atoms with E-state index in [2.05, 4.69) is 0 Å². The van der Waals surface area contributed by atoms with E-state index in [4.69, 9.17) is 4.74 Å². The fraction of sp³-hybridized carbons (Fsp3) is 0.923. The third kappa shape index (κ3) is 3.60. The highest BCUT2D eigenvalue weighted by Crippen LogP contribution is 2.17. The summed E-state index contributed by atoms with van der Waals surface area (Å²) in [4.78, 5) is 16.1. The van der Waals surface area contributed by atoms with Gasteiger partial charge < -0.3 is 14.5 Å². The number of hydrogen-bond donors (Lipinski definition) is 0. The lowest BCUT2D eigenvalue weighted by Gasteiger charge is -2.33. The summed E-state index contributed by atoms with van der Waals surface area (Å²) in [6, 6.07) is 0.219. The number of carbonyl (C=O) groups is 1. The van der Waals surface area contributed by atoms with Crippen LogP contribution >= 0.6 is 0 Å². The standard InChI is InChI=1S/C13H24N2O2/c1-14(11-12-5-9-17-10-6-12)13(16)15-7-3-2-4-8-15/h12H,2-11H2,1H3. The molecule has 2 fully saturated rings. The summed E-state index contributed by atoms with van der Waals surface area (Å²) < 4.78 is 5.34. The molecule has 0 saturated carbocycles. The van der Waals surface area contributed by atoms with Gasteiger partial charge in [-0.25, -0.2) is 4.79 Å². The Morgan fingerprint density at radius 2 is 1.88 bits per heavy atom. The van der Waals surface area contributed by atoms with Gasteiger partial charge in [0.05, 0.1) is 0 Å². The Bertz CT molecular complexity index is 246. The first-order valence-corrected chi connectivity index (χ1v) is 6.85. The Balaban J connectivity index is 1.77. The average molecular weight is 240 g/mol. The molecule has 0 aromatic rings. The highest BCUT2D eigenvalue weighted by molar-refractivity contribution is 5.74. The van der Waals surface area contributed by atoms with Crippen LogP contribution in [-0.4, -0.2) is 55.7 Å². The summed E-state index contributed by atoms with van der Waals surface area (Å²) in [5.74, 6) is 0.627. The van der Waals surface area contributed by atoms with Crippen molar-refractivity contribution in [2.75, 3.05) is 39.9 Å². The van der Waals surface area contributed by atoms with Crippen LogP contribution in [0.3, 0.4) is 0 Å². The lowest BCUT2D eigenvalue weighted by atomic mass is 10.00. The molecule has 17 heavy (non-hydrogen) atoms. The summed E-state index contributed by atoms with van der Waals surface area (Å²) in [6.07, 6.45) is 5.79. The van der Waals surface area contributed by atoms with Crippen LogP contribution in [0.15, 0.2) is 0 Å². The van der Waals surface area contributed by atoms with Crippen molar-refractivity contribution < 1.29 is 9.53 Å². The fourth-order valence-electron chi connectivity index (χ4n) is 2.72. The van der Waals surface area contributed by atoms with E-state index in [-0.39, 0.29) is 6.03 Å². The predicted octanol–water partition coefficient (Wildman–Crippen LogP) is 1.95. The molecule has 4 heteroatoms. The zero-order valence-corrected chi connectivity index (χ0v) is 10.9. The topological polar surface area (TPSA) is 32.8 Å². The Morgan fingerprint density at radius 3 is 2.53 bits per heavy atom. The number of piperidine rings is 1. The molecule has 2 rings (SSSR count). The van der Waals surface area contributed by atoms with Gasteiger partial charge in [0.25, 0.3) is 0 Å². The summed E-state index contributed by atoms with van der Waals surface area (Å²) in [5.41, 5.74) is 0. The normalized spacial score (nSPS) is 22.5. The van der Waals surface area contributed by atoms with Crippen molar-refractivity contribution in [2.45, 2.75) is 32.1 Å². The molecule has 2 saturated heterocycles. The maximum atomic E-state index is 12.2. The SMILES string of the molecule is CN(CC1CCOCC1)C(=O)N1CCCCC1. The summed E-state index contributed by atoms with van der Waals surface area (Å²) in [7, 11) is 1.94. The minimum absolute atomic E-state index is 0.219. The van der Waals surface area contributed by atoms with Gasteiger partial charge in [-0.05, 0) is 38.0 Å². The molecule has 0 aromatic heterocycles. The number of rotatable bonds is 2. The van der Waals surface area contributed by atoms with E-state index in [0.29, 0.717) is 5.92 Å². The monoisotopic (exact) mass is 240 g/mol. The van der Waals surface area contributed by atoms with Crippen LogP contribution in [0.4, 0.5) is 4.79 Å². The number of likely N-dealkylation sites (tertiary alicyclic amines) is 1. The second kappa shape index (κ2) is 6.24. The third-order valence-electron chi connectivity index (χ3n) is 3.83. The van der Waals surface area contributed by atoms with Crippen molar-refractivity contribution in [3.05, 3.63) is 0 Å². The number of nitrogens with zero attached hydrogens (tertiary/aromatic N) is 2. The zero-order chi connectivity index (χ0) is 12.1. The van der Waals surface area contributed by atoms with Crippen molar-refractivity contribution in [3.63, 3.8) is 0 Å². The first-order valence-electron chi connectivity index (χ1n) is 6.85. The second-order valence-electron chi connectivity index (χ2n) is 5.27. The maximum Gasteiger partial charge on any atom is 0.319 e. The molecule has 4 nitrogen and oxygen atoms in total. The van der Waals surface area contributed by atoms with Gasteiger partial charge in [0.1, 0.15) is 0 Å². The highest BCUT2D eigenvalue weighted by Gasteiger charge is 2.23. The molecule has 0 N–H and O–H groups in total. The van der Waals surface area contributed by atoms with Gasteiger partial charge in [0.2, 0.25) is 0 Å². The van der Waals surface area contributed by atoms with Crippen molar-refractivity contribution in [2.24, 2.45) is 5.92 Å². The zero-order valence-electron chi connectivity index (χ0n) is 10.9. The molecule has 0 unspecified atom stereocenters. The molecular formula is C13H24N2O2. The Morgan fingerprint density at radius 1 is 1.24 bits per heavy atom. The predicted molar refractivity (Wildman–Crippen MR) is 67.0 cm³/mol. The van der Waals surface area contributed by atoms with E-state index in [1.807, 2.05) is 16.8 Å². The summed E-state index contributed by atoms with van der Waals surface area (Å²) in [6.45, 7) is 4.49. The number of ether oxygens (including phenoxy) is 1. The molecular weight excluding hydrogens is 216 g/mol. The quantitative estimate of drug-likeness (QED) is 0.739. The molecule has 0 radical (unpaired) electrons. The van der Waals surface area contributed by atoms with Gasteiger partial charge in [-0.2, -0.15) is 0 Å². The highest BCUT2D eigenvalue weighted by atomic mass is 16.5. The Labute approximate surface area is 104 Å². The van der Waals surface area contributed by atoms with E-state index in [1.165, 1.54) is 6.42 Å². The Kier molecular flexibility index (Phi) is 4.66. The van der Waals surface area contributed by atoms with Gasteiger partial charge in [-0.15, -0.1) is 0 Å². The van der Waals surface area contributed by atoms with Gasteiger partial charge in [0, 0.05) is 39.9 Å². The van der Waals surface area contributed by atoms with Gasteiger partial charge >= 0.3 is 6.03 Å². The van der Waals surface area contributed by atoms with E-state index in [1.54, 1.807) is 0 Å². The number of urea groups is 1. The molecule has 2 aliphatic heterocycles. The second-order valence-corrected chi connectivity index (χ2v) is 5.27. The largest absolute Gasteiger partial charge is 0.381 e. The molecule has 0 aliphatic carbocycles.